The average Bonchev–Trinajstić information content (AvgIpc) is 3.05. The quantitative estimate of drug-likeness (QED) is 0.633. The van der Waals surface area contributed by atoms with Crippen LogP contribution < -0.4 is 5.73 Å². The van der Waals surface area contributed by atoms with Crippen molar-refractivity contribution in [2.24, 2.45) is 28.4 Å². The van der Waals surface area contributed by atoms with Crippen molar-refractivity contribution < 1.29 is 0 Å². The van der Waals surface area contributed by atoms with E-state index in [-0.39, 0.29) is 22.9 Å². The Morgan fingerprint density at radius 1 is 1.26 bits per heavy atom. The van der Waals surface area contributed by atoms with E-state index in [2.05, 4.69) is 61.0 Å². The van der Waals surface area contributed by atoms with E-state index in [1.807, 2.05) is 11.4 Å². The Bertz CT molecular complexity index is 944. The first-order chi connectivity index (χ1) is 12.7. The van der Waals surface area contributed by atoms with Gasteiger partial charge < -0.3 is 5.73 Å². The Morgan fingerprint density at radius 2 is 1.93 bits per heavy atom. The van der Waals surface area contributed by atoms with Crippen LogP contribution >= 0.6 is 27.3 Å². The van der Waals surface area contributed by atoms with Gasteiger partial charge in [-0.05, 0) is 57.7 Å². The third-order valence-corrected chi connectivity index (χ3v) is 7.77. The number of allylic oxidation sites excluding steroid dienone is 4. The summed E-state index contributed by atoms with van der Waals surface area (Å²) in [5.74, 6) is -0.0430. The Hall–Kier alpha value is -2.07. The van der Waals surface area contributed by atoms with Crippen LogP contribution in [-0.4, -0.2) is 0 Å². The molecule has 2 aliphatic carbocycles. The highest BCUT2D eigenvalue weighted by molar-refractivity contribution is 9.10. The summed E-state index contributed by atoms with van der Waals surface area (Å²) in [5.41, 5.74) is 6.22. The van der Waals surface area contributed by atoms with Gasteiger partial charge in [0.1, 0.15) is 6.07 Å². The highest BCUT2D eigenvalue weighted by Crippen LogP contribution is 2.58. The van der Waals surface area contributed by atoms with Crippen LogP contribution in [0, 0.1) is 56.7 Å². The highest BCUT2D eigenvalue weighted by atomic mass is 79.9. The van der Waals surface area contributed by atoms with Gasteiger partial charge in [0, 0.05) is 20.6 Å². The van der Waals surface area contributed by atoms with Crippen molar-refractivity contribution in [3.63, 3.8) is 0 Å². The fourth-order valence-corrected chi connectivity index (χ4v) is 6.07. The van der Waals surface area contributed by atoms with Gasteiger partial charge in [-0.1, -0.05) is 26.8 Å². The lowest BCUT2D eigenvalue weighted by Gasteiger charge is -2.46. The summed E-state index contributed by atoms with van der Waals surface area (Å²) in [6, 6.07) is 8.55. The number of hydrogen-bond acceptors (Lipinski definition) is 5. The van der Waals surface area contributed by atoms with Gasteiger partial charge in [-0.15, -0.1) is 11.3 Å². The Labute approximate surface area is 172 Å². The molecule has 3 atom stereocenters. The topological polar surface area (TPSA) is 97.4 Å². The van der Waals surface area contributed by atoms with E-state index in [0.717, 1.165) is 27.8 Å². The molecule has 1 unspecified atom stereocenters. The first kappa shape index (κ1) is 19.7. The fourth-order valence-electron chi connectivity index (χ4n) is 4.39. The van der Waals surface area contributed by atoms with Crippen molar-refractivity contribution in [2.45, 2.75) is 39.5 Å². The van der Waals surface area contributed by atoms with Crippen molar-refractivity contribution in [1.29, 1.82) is 15.8 Å². The number of thiophene rings is 1. The summed E-state index contributed by atoms with van der Waals surface area (Å²) in [6.45, 7) is 6.65. The standard InChI is InChI=1S/C21H21BrN4S/c1-20(2,3)12-4-5-14-15(6-12)18(17-7-13(22)9-27-17)21(10-24,11-25)19(26)16(14)8-23/h5,7,9,12,15,18H,4,6,26H2,1-3H3/t12?,15-,18-/m0/s1. The Balaban J connectivity index is 2.29. The first-order valence-corrected chi connectivity index (χ1v) is 10.5. The predicted molar refractivity (Wildman–Crippen MR) is 109 cm³/mol. The lowest BCUT2D eigenvalue weighted by molar-refractivity contribution is 0.171. The molecule has 138 valence electrons. The zero-order chi connectivity index (χ0) is 20.0. The smallest absolute Gasteiger partial charge is 0.192 e. The monoisotopic (exact) mass is 440 g/mol. The first-order valence-electron chi connectivity index (χ1n) is 8.86. The van der Waals surface area contributed by atoms with Gasteiger partial charge in [0.2, 0.25) is 0 Å². The molecule has 1 aromatic heterocycles. The number of rotatable bonds is 1. The van der Waals surface area contributed by atoms with E-state index < -0.39 is 5.41 Å². The summed E-state index contributed by atoms with van der Waals surface area (Å²) in [6.07, 6.45) is 3.82. The van der Waals surface area contributed by atoms with E-state index in [4.69, 9.17) is 5.73 Å². The number of nitrogens with zero attached hydrogens (tertiary/aromatic N) is 3. The van der Waals surface area contributed by atoms with E-state index in [1.165, 1.54) is 11.3 Å². The van der Waals surface area contributed by atoms with E-state index in [9.17, 15) is 15.8 Å². The maximum absolute atomic E-state index is 10.1. The number of fused-ring (bicyclic) bond motifs is 1. The molecule has 0 fully saturated rings. The van der Waals surface area contributed by atoms with E-state index in [1.54, 1.807) is 0 Å². The fraction of sp³-hybridized carbons (Fsp3) is 0.476. The minimum atomic E-state index is -1.53. The van der Waals surface area contributed by atoms with Crippen LogP contribution in [0.15, 0.2) is 38.8 Å². The lowest BCUT2D eigenvalue weighted by Crippen LogP contribution is -2.44. The summed E-state index contributed by atoms with van der Waals surface area (Å²) >= 11 is 5.01. The normalized spacial score (nSPS) is 27.0. The largest absolute Gasteiger partial charge is 0.399 e. The molecule has 0 aliphatic heterocycles. The molecule has 2 aliphatic rings. The number of halogens is 1. The molecule has 0 spiro atoms. The summed E-state index contributed by atoms with van der Waals surface area (Å²) in [4.78, 5) is 0.954. The third-order valence-electron chi connectivity index (χ3n) is 6.00. The summed E-state index contributed by atoms with van der Waals surface area (Å²) in [5, 5.41) is 31.8. The second kappa shape index (κ2) is 6.83. The molecule has 3 rings (SSSR count). The van der Waals surface area contributed by atoms with Crippen molar-refractivity contribution in [3.8, 4) is 18.2 Å². The molecule has 0 bridgehead atoms. The molecule has 0 saturated heterocycles. The molecule has 1 heterocycles. The second-order valence-corrected chi connectivity index (χ2v) is 10.2. The van der Waals surface area contributed by atoms with Gasteiger partial charge in [0.15, 0.2) is 5.41 Å². The van der Waals surface area contributed by atoms with Crippen molar-refractivity contribution in [2.75, 3.05) is 0 Å². The molecule has 27 heavy (non-hydrogen) atoms. The average molecular weight is 441 g/mol. The zero-order valence-corrected chi connectivity index (χ0v) is 18.0. The van der Waals surface area contributed by atoms with E-state index >= 15 is 0 Å². The lowest BCUT2D eigenvalue weighted by atomic mass is 9.55. The predicted octanol–water partition coefficient (Wildman–Crippen LogP) is 5.38. The minimum Gasteiger partial charge on any atom is -0.399 e. The molecular weight excluding hydrogens is 420 g/mol. The van der Waals surface area contributed by atoms with Crippen LogP contribution in [0.3, 0.4) is 0 Å². The molecule has 2 N–H and O–H groups in total. The minimum absolute atomic E-state index is 0.0743. The molecule has 6 heteroatoms. The molecule has 1 aromatic rings. The van der Waals surface area contributed by atoms with Gasteiger partial charge in [0.25, 0.3) is 0 Å². The van der Waals surface area contributed by atoms with Gasteiger partial charge >= 0.3 is 0 Å². The molecule has 0 saturated carbocycles. The Morgan fingerprint density at radius 3 is 2.41 bits per heavy atom. The number of nitrogens with two attached hydrogens (primary N) is 1. The van der Waals surface area contributed by atoms with Crippen LogP contribution in [0.1, 0.15) is 44.4 Å². The van der Waals surface area contributed by atoms with Gasteiger partial charge in [-0.2, -0.15) is 15.8 Å². The van der Waals surface area contributed by atoms with Crippen LogP contribution in [0.5, 0.6) is 0 Å². The number of hydrogen-bond donors (Lipinski definition) is 1. The highest BCUT2D eigenvalue weighted by Gasteiger charge is 2.55. The third kappa shape index (κ3) is 3.00. The van der Waals surface area contributed by atoms with Crippen molar-refractivity contribution >= 4 is 27.3 Å². The summed E-state index contributed by atoms with van der Waals surface area (Å²) < 4.78 is 0.926. The van der Waals surface area contributed by atoms with Crippen LogP contribution in [0.25, 0.3) is 0 Å². The van der Waals surface area contributed by atoms with Crippen LogP contribution in [-0.2, 0) is 0 Å². The maximum atomic E-state index is 10.1. The molecular formula is C21H21BrN4S. The second-order valence-electron chi connectivity index (χ2n) is 8.38. The molecule has 4 nitrogen and oxygen atoms in total. The van der Waals surface area contributed by atoms with Crippen LogP contribution in [0.4, 0.5) is 0 Å². The van der Waals surface area contributed by atoms with Crippen molar-refractivity contribution in [1.82, 2.24) is 0 Å². The molecule has 0 radical (unpaired) electrons. The van der Waals surface area contributed by atoms with Crippen molar-refractivity contribution in [3.05, 3.63) is 43.7 Å². The zero-order valence-electron chi connectivity index (χ0n) is 15.6. The van der Waals surface area contributed by atoms with Gasteiger partial charge in [-0.25, -0.2) is 0 Å². The van der Waals surface area contributed by atoms with Gasteiger partial charge in [-0.3, -0.25) is 0 Å². The van der Waals surface area contributed by atoms with Gasteiger partial charge in [0.05, 0.1) is 23.4 Å². The number of nitriles is 3. The van der Waals surface area contributed by atoms with E-state index in [0.29, 0.717) is 11.5 Å². The van der Waals surface area contributed by atoms with Crippen LogP contribution in [0.2, 0.25) is 0 Å². The SMILES string of the molecule is CC(C)(C)C1CC=C2C(C#N)=C(N)C(C#N)(C#N)[C@H](c3cc(Br)cs3)[C@H]2C1. The maximum Gasteiger partial charge on any atom is 0.192 e. The molecule has 0 amide bonds. The molecule has 0 aromatic carbocycles. The Kier molecular flexibility index (Phi) is 4.98. The summed E-state index contributed by atoms with van der Waals surface area (Å²) in [7, 11) is 0.